The molecule has 1 aromatic heterocycles. The molecule has 1 aliphatic heterocycles. The van der Waals surface area contributed by atoms with Gasteiger partial charge in [0.05, 0.1) is 12.2 Å². The summed E-state index contributed by atoms with van der Waals surface area (Å²) in [5, 5.41) is 8.94. The molecule has 7 heteroatoms. The molecule has 0 bridgehead atoms. The van der Waals surface area contributed by atoms with Gasteiger partial charge in [0, 0.05) is 52.5 Å². The monoisotopic (exact) mass is 320 g/mol. The van der Waals surface area contributed by atoms with E-state index in [9.17, 15) is 9.59 Å². The maximum absolute atomic E-state index is 12.4. The third kappa shape index (κ3) is 4.27. The van der Waals surface area contributed by atoms with Gasteiger partial charge in [-0.1, -0.05) is 0 Å². The quantitative estimate of drug-likeness (QED) is 0.821. The van der Waals surface area contributed by atoms with Crippen molar-refractivity contribution in [1.29, 1.82) is 0 Å². The molecule has 1 N–H and O–H groups in total. The second-order valence-electron chi connectivity index (χ2n) is 5.61. The first-order valence-electron chi connectivity index (χ1n) is 7.90. The molecule has 2 rings (SSSR count). The van der Waals surface area contributed by atoms with Crippen LogP contribution in [-0.4, -0.2) is 89.5 Å². The Kier molecular flexibility index (Phi) is 6.06. The third-order valence-corrected chi connectivity index (χ3v) is 4.13. The predicted octanol–water partition coefficient (Wildman–Crippen LogP) is -0.0764. The number of aliphatic hydroxyl groups is 1. The van der Waals surface area contributed by atoms with Gasteiger partial charge in [0.25, 0.3) is 11.8 Å². The number of hydrogen-bond donors (Lipinski definition) is 1. The van der Waals surface area contributed by atoms with Gasteiger partial charge in [-0.15, -0.1) is 0 Å². The van der Waals surface area contributed by atoms with E-state index >= 15 is 0 Å². The molecular weight excluding hydrogens is 296 g/mol. The summed E-state index contributed by atoms with van der Waals surface area (Å²) in [6.45, 7) is 6.06. The average molecular weight is 320 g/mol. The molecule has 0 radical (unpaired) electrons. The molecule has 7 nitrogen and oxygen atoms in total. The number of carbonyl (C=O) groups excluding carboxylic acids is 2. The van der Waals surface area contributed by atoms with E-state index < -0.39 is 0 Å². The fourth-order valence-corrected chi connectivity index (χ4v) is 2.49. The van der Waals surface area contributed by atoms with Crippen LogP contribution in [-0.2, 0) is 0 Å². The van der Waals surface area contributed by atoms with Gasteiger partial charge in [0.2, 0.25) is 0 Å². The zero-order valence-electron chi connectivity index (χ0n) is 13.7. The summed E-state index contributed by atoms with van der Waals surface area (Å²) in [5.41, 5.74) is 0.843. The number of carbonyl (C=O) groups is 2. The van der Waals surface area contributed by atoms with Crippen LogP contribution in [0.1, 0.15) is 27.8 Å². The number of β-amino-alcohol motifs (C(OH)–C–C–N with tert-alkyl or cyclic N) is 1. The van der Waals surface area contributed by atoms with Crippen molar-refractivity contribution in [3.05, 3.63) is 29.6 Å². The summed E-state index contributed by atoms with van der Waals surface area (Å²) in [6, 6.07) is 3.26. The van der Waals surface area contributed by atoms with E-state index in [1.165, 1.54) is 6.20 Å². The summed E-state index contributed by atoms with van der Waals surface area (Å²) in [5.74, 6) is -0.215. The highest BCUT2D eigenvalue weighted by molar-refractivity contribution is 5.96. The van der Waals surface area contributed by atoms with Crippen LogP contribution in [0.15, 0.2) is 18.3 Å². The standard InChI is InChI=1S/C16H24N4O3/c1-3-18(2)15(22)13-4-5-14(17-12-13)16(23)20-8-6-19(7-9-20)10-11-21/h4-5,12,21H,3,6-11H2,1-2H3. The summed E-state index contributed by atoms with van der Waals surface area (Å²) < 4.78 is 0. The molecule has 0 unspecified atom stereocenters. The maximum Gasteiger partial charge on any atom is 0.272 e. The smallest absolute Gasteiger partial charge is 0.272 e. The molecule has 0 aromatic carbocycles. The SMILES string of the molecule is CCN(C)C(=O)c1ccc(C(=O)N2CCN(CCO)CC2)nc1. The topological polar surface area (TPSA) is 77.0 Å². The average Bonchev–Trinajstić information content (AvgIpc) is 2.61. The van der Waals surface area contributed by atoms with Crippen molar-refractivity contribution in [2.45, 2.75) is 6.92 Å². The van der Waals surface area contributed by atoms with E-state index in [0.29, 0.717) is 37.4 Å². The second kappa shape index (κ2) is 8.03. The summed E-state index contributed by atoms with van der Waals surface area (Å²) in [7, 11) is 1.73. The Bertz CT molecular complexity index is 539. The lowest BCUT2D eigenvalue weighted by Gasteiger charge is -2.34. The molecule has 1 aliphatic rings. The van der Waals surface area contributed by atoms with Crippen LogP contribution < -0.4 is 0 Å². The molecule has 0 spiro atoms. The summed E-state index contributed by atoms with van der Waals surface area (Å²) in [6.07, 6.45) is 1.46. The van der Waals surface area contributed by atoms with Gasteiger partial charge in [-0.05, 0) is 19.1 Å². The number of hydrogen-bond acceptors (Lipinski definition) is 5. The van der Waals surface area contributed by atoms with Crippen LogP contribution in [0.4, 0.5) is 0 Å². The van der Waals surface area contributed by atoms with Crippen LogP contribution >= 0.6 is 0 Å². The minimum atomic E-state index is -0.114. The van der Waals surface area contributed by atoms with E-state index in [2.05, 4.69) is 9.88 Å². The highest BCUT2D eigenvalue weighted by Gasteiger charge is 2.23. The normalized spacial score (nSPS) is 15.5. The third-order valence-electron chi connectivity index (χ3n) is 4.13. The Hall–Kier alpha value is -1.99. The molecule has 2 amide bonds. The zero-order chi connectivity index (χ0) is 16.8. The van der Waals surface area contributed by atoms with Crippen molar-refractivity contribution in [3.63, 3.8) is 0 Å². The first-order valence-corrected chi connectivity index (χ1v) is 7.90. The van der Waals surface area contributed by atoms with Gasteiger partial charge in [0.1, 0.15) is 5.69 Å². The van der Waals surface area contributed by atoms with Gasteiger partial charge in [-0.3, -0.25) is 19.5 Å². The van der Waals surface area contributed by atoms with Crippen LogP contribution in [0.5, 0.6) is 0 Å². The first kappa shape index (κ1) is 17.4. The lowest BCUT2D eigenvalue weighted by atomic mass is 10.2. The molecule has 0 atom stereocenters. The van der Waals surface area contributed by atoms with Gasteiger partial charge in [-0.25, -0.2) is 0 Å². The Labute approximate surface area is 136 Å². The Balaban J connectivity index is 1.97. The van der Waals surface area contributed by atoms with Gasteiger partial charge >= 0.3 is 0 Å². The molecule has 1 aromatic rings. The summed E-state index contributed by atoms with van der Waals surface area (Å²) >= 11 is 0. The van der Waals surface area contributed by atoms with Crippen molar-refractivity contribution >= 4 is 11.8 Å². The minimum Gasteiger partial charge on any atom is -0.395 e. The maximum atomic E-state index is 12.4. The molecule has 0 aliphatic carbocycles. The largest absolute Gasteiger partial charge is 0.395 e. The molecular formula is C16H24N4O3. The fraction of sp³-hybridized carbons (Fsp3) is 0.562. The Morgan fingerprint density at radius 1 is 1.26 bits per heavy atom. The number of piperazine rings is 1. The number of rotatable bonds is 5. The van der Waals surface area contributed by atoms with Crippen molar-refractivity contribution < 1.29 is 14.7 Å². The van der Waals surface area contributed by atoms with Crippen molar-refractivity contribution in [1.82, 2.24) is 19.7 Å². The second-order valence-corrected chi connectivity index (χ2v) is 5.61. The molecule has 23 heavy (non-hydrogen) atoms. The number of nitrogens with zero attached hydrogens (tertiary/aromatic N) is 4. The Morgan fingerprint density at radius 2 is 1.96 bits per heavy atom. The molecule has 2 heterocycles. The first-order chi connectivity index (χ1) is 11.1. The number of amides is 2. The highest BCUT2D eigenvalue weighted by Crippen LogP contribution is 2.09. The Morgan fingerprint density at radius 3 is 2.48 bits per heavy atom. The van der Waals surface area contributed by atoms with E-state index in [1.807, 2.05) is 6.92 Å². The van der Waals surface area contributed by atoms with Crippen molar-refractivity contribution in [3.8, 4) is 0 Å². The van der Waals surface area contributed by atoms with Crippen LogP contribution in [0.3, 0.4) is 0 Å². The lowest BCUT2D eigenvalue weighted by molar-refractivity contribution is 0.0608. The number of pyridine rings is 1. The predicted molar refractivity (Wildman–Crippen MR) is 86.3 cm³/mol. The number of aliphatic hydroxyl groups excluding tert-OH is 1. The van der Waals surface area contributed by atoms with Crippen LogP contribution in [0.25, 0.3) is 0 Å². The van der Waals surface area contributed by atoms with E-state index in [4.69, 9.17) is 5.11 Å². The van der Waals surface area contributed by atoms with E-state index in [1.54, 1.807) is 29.0 Å². The van der Waals surface area contributed by atoms with Gasteiger partial charge < -0.3 is 14.9 Å². The van der Waals surface area contributed by atoms with Gasteiger partial charge in [-0.2, -0.15) is 0 Å². The van der Waals surface area contributed by atoms with Gasteiger partial charge in [0.15, 0.2) is 0 Å². The van der Waals surface area contributed by atoms with E-state index in [-0.39, 0.29) is 18.4 Å². The van der Waals surface area contributed by atoms with Crippen LogP contribution in [0.2, 0.25) is 0 Å². The highest BCUT2D eigenvalue weighted by atomic mass is 16.3. The van der Waals surface area contributed by atoms with Crippen molar-refractivity contribution in [2.75, 3.05) is 52.9 Å². The van der Waals surface area contributed by atoms with E-state index in [0.717, 1.165) is 13.1 Å². The fourth-order valence-electron chi connectivity index (χ4n) is 2.49. The lowest BCUT2D eigenvalue weighted by Crippen LogP contribution is -2.49. The molecule has 126 valence electrons. The molecule has 1 saturated heterocycles. The van der Waals surface area contributed by atoms with Crippen LogP contribution in [0, 0.1) is 0 Å². The summed E-state index contributed by atoms with van der Waals surface area (Å²) in [4.78, 5) is 34.1. The molecule has 1 fully saturated rings. The zero-order valence-corrected chi connectivity index (χ0v) is 13.7. The van der Waals surface area contributed by atoms with Crippen molar-refractivity contribution in [2.24, 2.45) is 0 Å². The number of aromatic nitrogens is 1. The molecule has 0 saturated carbocycles. The minimum absolute atomic E-state index is 0.100.